The summed E-state index contributed by atoms with van der Waals surface area (Å²) in [4.78, 5) is 12.9. The van der Waals surface area contributed by atoms with Crippen molar-refractivity contribution in [3.05, 3.63) is 34.3 Å². The van der Waals surface area contributed by atoms with Crippen LogP contribution in [-0.4, -0.2) is 28.9 Å². The topological polar surface area (TPSA) is 17.1 Å². The van der Waals surface area contributed by atoms with E-state index in [1.165, 1.54) is 19.0 Å². The Morgan fingerprint density at radius 2 is 1.73 bits per heavy atom. The van der Waals surface area contributed by atoms with E-state index in [1.54, 1.807) is 0 Å². The van der Waals surface area contributed by atoms with E-state index in [0.717, 1.165) is 16.2 Å². The number of rotatable bonds is 7. The second kappa shape index (κ2) is 8.06. The normalized spacial score (nSPS) is 14.9. The number of carbonyl (C=O) groups excluding carboxylic acids is 1. The van der Waals surface area contributed by atoms with Gasteiger partial charge < -0.3 is 0 Å². The zero-order chi connectivity index (χ0) is 17.0. The van der Waals surface area contributed by atoms with Crippen LogP contribution in [0.4, 0.5) is 0 Å². The van der Waals surface area contributed by atoms with Crippen molar-refractivity contribution in [3.63, 3.8) is 0 Å². The van der Waals surface area contributed by atoms with Gasteiger partial charge in [0, 0.05) is 17.3 Å². The molecule has 1 aromatic rings. The first-order valence-electron chi connectivity index (χ1n) is 8.29. The predicted octanol–water partition coefficient (Wildman–Crippen LogP) is 6.66. The number of Topliss-reactive ketones (excluding diaryl/α,β-unsaturated/α-hetero) is 1. The van der Waals surface area contributed by atoms with Crippen molar-refractivity contribution in [3.8, 4) is 0 Å². The Morgan fingerprint density at radius 3 is 2.14 bits per heavy atom. The highest BCUT2D eigenvalue weighted by atomic mass is 79.9. The Labute approximate surface area is 145 Å². The Morgan fingerprint density at radius 1 is 1.18 bits per heavy atom. The maximum absolute atomic E-state index is 12.9. The van der Waals surface area contributed by atoms with Crippen molar-refractivity contribution >= 4 is 29.0 Å². The fourth-order valence-corrected chi connectivity index (χ4v) is 8.86. The summed E-state index contributed by atoms with van der Waals surface area (Å²) in [5, 5.41) is 0.224. The molecule has 22 heavy (non-hydrogen) atoms. The lowest BCUT2D eigenvalue weighted by Crippen LogP contribution is -2.33. The summed E-state index contributed by atoms with van der Waals surface area (Å²) in [5.74, 6) is 0.320. The zero-order valence-corrected chi connectivity index (χ0v) is 17.4. The zero-order valence-electron chi connectivity index (χ0n) is 14.9. The van der Waals surface area contributed by atoms with Gasteiger partial charge in [-0.25, -0.2) is 0 Å². The molecule has 0 aromatic heterocycles. The number of benzene rings is 1. The summed E-state index contributed by atoms with van der Waals surface area (Å²) in [6.07, 6.45) is 4.41. The van der Waals surface area contributed by atoms with Crippen molar-refractivity contribution in [2.24, 2.45) is 0 Å². The highest BCUT2D eigenvalue weighted by Gasteiger charge is 2.52. The first kappa shape index (κ1) is 19.8. The van der Waals surface area contributed by atoms with Crippen molar-refractivity contribution in [2.45, 2.75) is 65.2 Å². The summed E-state index contributed by atoms with van der Waals surface area (Å²) in [7, 11) is -1.36. The number of ketones is 1. The molecule has 0 fully saturated rings. The van der Waals surface area contributed by atoms with Crippen LogP contribution < -0.4 is 0 Å². The molecule has 1 atom stereocenters. The smallest absolute Gasteiger partial charge is 0.199 e. The minimum Gasteiger partial charge on any atom is -0.290 e. The first-order valence-corrected chi connectivity index (χ1v) is 11.3. The van der Waals surface area contributed by atoms with Gasteiger partial charge in [0.1, 0.15) is 6.16 Å². The van der Waals surface area contributed by atoms with E-state index in [9.17, 15) is 4.79 Å². The Hall–Kier alpha value is -0.200. The van der Waals surface area contributed by atoms with Gasteiger partial charge in [-0.1, -0.05) is 41.4 Å². The molecule has 1 rings (SSSR count). The van der Waals surface area contributed by atoms with Crippen LogP contribution in [0.15, 0.2) is 28.7 Å². The van der Waals surface area contributed by atoms with Crippen molar-refractivity contribution in [1.82, 2.24) is 0 Å². The summed E-state index contributed by atoms with van der Waals surface area (Å²) in [5.41, 5.74) is 1.45. The molecular weight excluding hydrogens is 355 g/mol. The van der Waals surface area contributed by atoms with Gasteiger partial charge in [-0.15, -0.1) is 0 Å². The number of hydrogen-bond donors (Lipinski definition) is 0. The average molecular weight is 386 g/mol. The second-order valence-electron chi connectivity index (χ2n) is 7.46. The van der Waals surface area contributed by atoms with Crippen molar-refractivity contribution in [2.75, 3.05) is 12.3 Å². The average Bonchev–Trinajstić information content (AvgIpc) is 2.42. The highest BCUT2D eigenvalue weighted by Crippen LogP contribution is 2.72. The number of halogens is 1. The van der Waals surface area contributed by atoms with E-state index in [-0.39, 0.29) is 5.16 Å². The minimum atomic E-state index is -1.36. The van der Waals surface area contributed by atoms with E-state index in [4.69, 9.17) is 0 Å². The van der Waals surface area contributed by atoms with E-state index < -0.39 is 7.26 Å². The summed E-state index contributed by atoms with van der Waals surface area (Å²) >= 11 is 3.44. The third kappa shape index (κ3) is 4.65. The molecule has 0 bridgehead atoms. The second-order valence-corrected chi connectivity index (χ2v) is 13.6. The molecular formula is C19H31BrOP+. The predicted molar refractivity (Wildman–Crippen MR) is 105 cm³/mol. The van der Waals surface area contributed by atoms with Gasteiger partial charge in [0.2, 0.25) is 0 Å². The quantitative estimate of drug-likeness (QED) is 0.378. The lowest BCUT2D eigenvalue weighted by Gasteiger charge is -2.41. The van der Waals surface area contributed by atoms with Gasteiger partial charge in [0.15, 0.2) is 5.78 Å². The first-order chi connectivity index (χ1) is 10.1. The molecule has 0 amide bonds. The van der Waals surface area contributed by atoms with Crippen LogP contribution >= 0.6 is 23.2 Å². The molecule has 124 valence electrons. The molecule has 0 aliphatic heterocycles. The molecule has 0 aliphatic carbocycles. The van der Waals surface area contributed by atoms with Crippen molar-refractivity contribution in [1.29, 1.82) is 0 Å². The van der Waals surface area contributed by atoms with E-state index in [0.29, 0.717) is 11.4 Å². The third-order valence-corrected chi connectivity index (χ3v) is 12.0. The van der Waals surface area contributed by atoms with Crippen molar-refractivity contribution < 1.29 is 4.79 Å². The molecule has 0 heterocycles. The number of carbonyl (C=O) groups is 1. The standard InChI is InChI=1S/C19H31BrOP/c1-7-8-13-22(15(2)3,19(4,5)6)14-18(21)16-9-11-17(20)12-10-16/h9-12,15H,7-8,13-14H2,1-6H3/q+1. The fraction of sp³-hybridized carbons (Fsp3) is 0.632. The number of hydrogen-bond acceptors (Lipinski definition) is 1. The molecule has 0 saturated carbocycles. The van der Waals surface area contributed by atoms with Crippen LogP contribution in [0.5, 0.6) is 0 Å². The molecule has 1 unspecified atom stereocenters. The SMILES string of the molecule is CCCC[P+](CC(=O)c1ccc(Br)cc1)(C(C)C)C(C)(C)C. The lowest BCUT2D eigenvalue weighted by molar-refractivity contribution is 0.102. The third-order valence-electron chi connectivity index (χ3n) is 4.83. The Kier molecular flexibility index (Phi) is 7.27. The van der Waals surface area contributed by atoms with Gasteiger partial charge in [0.25, 0.3) is 0 Å². The van der Waals surface area contributed by atoms with Gasteiger partial charge in [-0.3, -0.25) is 4.79 Å². The van der Waals surface area contributed by atoms with E-state index >= 15 is 0 Å². The van der Waals surface area contributed by atoms with Crippen LogP contribution in [0.3, 0.4) is 0 Å². The molecule has 1 nitrogen and oxygen atoms in total. The summed E-state index contributed by atoms with van der Waals surface area (Å²) in [6, 6.07) is 7.82. The molecule has 1 aromatic carbocycles. The summed E-state index contributed by atoms with van der Waals surface area (Å²) < 4.78 is 1.02. The Bertz CT molecular complexity index is 487. The maximum Gasteiger partial charge on any atom is 0.199 e. The van der Waals surface area contributed by atoms with Crippen LogP contribution in [0.1, 0.15) is 64.7 Å². The van der Waals surface area contributed by atoms with Crippen LogP contribution in [0.25, 0.3) is 0 Å². The largest absolute Gasteiger partial charge is 0.290 e. The van der Waals surface area contributed by atoms with Crippen LogP contribution in [0, 0.1) is 0 Å². The molecule has 0 aliphatic rings. The van der Waals surface area contributed by atoms with Crippen LogP contribution in [0.2, 0.25) is 0 Å². The summed E-state index contributed by atoms with van der Waals surface area (Å²) in [6.45, 7) is 13.9. The molecule has 0 N–H and O–H groups in total. The lowest BCUT2D eigenvalue weighted by atomic mass is 10.1. The Balaban J connectivity index is 3.11. The maximum atomic E-state index is 12.9. The van der Waals surface area contributed by atoms with Crippen LogP contribution in [-0.2, 0) is 0 Å². The molecule has 3 heteroatoms. The molecule has 0 radical (unpaired) electrons. The number of unbranched alkanes of at least 4 members (excludes halogenated alkanes) is 1. The van der Waals surface area contributed by atoms with Gasteiger partial charge in [-0.05, 0) is 53.2 Å². The van der Waals surface area contributed by atoms with Gasteiger partial charge in [0.05, 0.1) is 17.0 Å². The molecule has 0 saturated heterocycles. The van der Waals surface area contributed by atoms with Gasteiger partial charge >= 0.3 is 0 Å². The monoisotopic (exact) mass is 385 g/mol. The van der Waals surface area contributed by atoms with E-state index in [1.807, 2.05) is 24.3 Å². The fourth-order valence-electron chi connectivity index (χ4n) is 3.29. The van der Waals surface area contributed by atoms with Gasteiger partial charge in [-0.2, -0.15) is 0 Å². The van der Waals surface area contributed by atoms with E-state index in [2.05, 4.69) is 57.5 Å². The highest BCUT2D eigenvalue weighted by molar-refractivity contribution is 9.10. The minimum absolute atomic E-state index is 0.224. The molecule has 0 spiro atoms.